The Hall–Kier alpha value is 0.310. The van der Waals surface area contributed by atoms with Crippen LogP contribution in [-0.2, 0) is 0 Å². The van der Waals surface area contributed by atoms with Crippen LogP contribution in [0.4, 0.5) is 0 Å². The maximum atomic E-state index is 3.60. The van der Waals surface area contributed by atoms with Crippen LogP contribution in [0.5, 0.6) is 0 Å². The third kappa shape index (κ3) is 2.98. The number of nitrogens with one attached hydrogen (secondary N) is 1. The smallest absolute Gasteiger partial charge is 0.0186 e. The molecule has 1 unspecified atom stereocenters. The second kappa shape index (κ2) is 5.87. The predicted molar refractivity (Wildman–Crippen MR) is 57.8 cm³/mol. The second-order valence-corrected chi connectivity index (χ2v) is 4.83. The van der Waals surface area contributed by atoms with Crippen LogP contribution in [0.3, 0.4) is 0 Å². The molecule has 0 aliphatic heterocycles. The van der Waals surface area contributed by atoms with E-state index in [1.807, 2.05) is 0 Å². The topological polar surface area (TPSA) is 12.0 Å². The molecule has 0 saturated heterocycles. The molecule has 1 fully saturated rings. The van der Waals surface area contributed by atoms with Gasteiger partial charge in [0.15, 0.2) is 0 Å². The minimum Gasteiger partial charge on any atom is -0.313 e. The highest BCUT2D eigenvalue weighted by Crippen LogP contribution is 2.30. The predicted octanol–water partition coefficient (Wildman–Crippen LogP) is 2.52. The average molecular weight is 187 g/mol. The first-order valence-electron chi connectivity index (χ1n) is 5.19. The average Bonchev–Trinajstić information content (AvgIpc) is 1.97. The van der Waals surface area contributed by atoms with Gasteiger partial charge in [-0.05, 0) is 31.1 Å². The van der Waals surface area contributed by atoms with Crippen molar-refractivity contribution in [1.29, 1.82) is 0 Å². The van der Waals surface area contributed by atoms with Gasteiger partial charge in [-0.1, -0.05) is 20.3 Å². The first-order chi connectivity index (χ1) is 5.88. The lowest BCUT2D eigenvalue weighted by Gasteiger charge is -2.34. The molecule has 2 heteroatoms. The highest BCUT2D eigenvalue weighted by molar-refractivity contribution is 7.99. The minimum atomic E-state index is 0.800. The second-order valence-electron chi connectivity index (χ2n) is 3.51. The largest absolute Gasteiger partial charge is 0.313 e. The zero-order valence-electron chi connectivity index (χ0n) is 8.31. The van der Waals surface area contributed by atoms with Gasteiger partial charge in [0.2, 0.25) is 0 Å². The molecule has 1 aliphatic carbocycles. The third-order valence-electron chi connectivity index (χ3n) is 2.69. The fourth-order valence-corrected chi connectivity index (χ4v) is 2.59. The molecule has 0 aromatic rings. The van der Waals surface area contributed by atoms with Crippen LogP contribution in [0, 0.1) is 5.92 Å². The standard InChI is InChI=1S/C10H21NS/c1-3-11-10(8-12-4-2)9-6-5-7-9/h9-11H,3-8H2,1-2H3. The SMILES string of the molecule is CCNC(CSCC)C1CCC1. The Morgan fingerprint density at radius 1 is 1.42 bits per heavy atom. The lowest BCUT2D eigenvalue weighted by Crippen LogP contribution is -2.41. The maximum Gasteiger partial charge on any atom is 0.0186 e. The van der Waals surface area contributed by atoms with Crippen LogP contribution in [-0.4, -0.2) is 24.1 Å². The third-order valence-corrected chi connectivity index (χ3v) is 3.69. The summed E-state index contributed by atoms with van der Waals surface area (Å²) in [6.45, 7) is 5.59. The van der Waals surface area contributed by atoms with E-state index in [9.17, 15) is 0 Å². The van der Waals surface area contributed by atoms with E-state index in [1.54, 1.807) is 0 Å². The van der Waals surface area contributed by atoms with Crippen molar-refractivity contribution in [3.63, 3.8) is 0 Å². The van der Waals surface area contributed by atoms with Crippen molar-refractivity contribution in [3.8, 4) is 0 Å². The van der Waals surface area contributed by atoms with Crippen LogP contribution in [0.25, 0.3) is 0 Å². The first-order valence-corrected chi connectivity index (χ1v) is 6.35. The lowest BCUT2D eigenvalue weighted by atomic mass is 9.80. The van der Waals surface area contributed by atoms with E-state index in [4.69, 9.17) is 0 Å². The van der Waals surface area contributed by atoms with Crippen LogP contribution in [0.2, 0.25) is 0 Å². The molecule has 1 saturated carbocycles. The van der Waals surface area contributed by atoms with Crippen molar-refractivity contribution < 1.29 is 0 Å². The number of rotatable bonds is 6. The molecule has 0 bridgehead atoms. The summed E-state index contributed by atoms with van der Waals surface area (Å²) >= 11 is 2.07. The van der Waals surface area contributed by atoms with Crippen molar-refractivity contribution in [3.05, 3.63) is 0 Å². The monoisotopic (exact) mass is 187 g/mol. The van der Waals surface area contributed by atoms with E-state index in [0.717, 1.165) is 18.5 Å². The van der Waals surface area contributed by atoms with Crippen molar-refractivity contribution in [2.45, 2.75) is 39.2 Å². The number of thioether (sulfide) groups is 1. The zero-order valence-corrected chi connectivity index (χ0v) is 9.12. The fourth-order valence-electron chi connectivity index (χ4n) is 1.71. The van der Waals surface area contributed by atoms with Gasteiger partial charge in [-0.15, -0.1) is 0 Å². The molecule has 0 spiro atoms. The Labute approximate surface area is 80.7 Å². The van der Waals surface area contributed by atoms with Crippen molar-refractivity contribution in [1.82, 2.24) is 5.32 Å². The molecule has 0 heterocycles. The van der Waals surface area contributed by atoms with Gasteiger partial charge in [-0.3, -0.25) is 0 Å². The normalized spacial score (nSPS) is 20.5. The highest BCUT2D eigenvalue weighted by Gasteiger charge is 2.25. The molecule has 0 radical (unpaired) electrons. The van der Waals surface area contributed by atoms with Gasteiger partial charge < -0.3 is 5.32 Å². The van der Waals surface area contributed by atoms with E-state index in [1.165, 1.54) is 30.8 Å². The molecule has 1 N–H and O–H groups in total. The molecule has 0 amide bonds. The van der Waals surface area contributed by atoms with Gasteiger partial charge in [-0.2, -0.15) is 11.8 Å². The van der Waals surface area contributed by atoms with E-state index in [2.05, 4.69) is 30.9 Å². The molecule has 1 atom stereocenters. The summed E-state index contributed by atoms with van der Waals surface area (Å²) < 4.78 is 0. The Kier molecular flexibility index (Phi) is 5.08. The molecule has 1 nitrogen and oxygen atoms in total. The summed E-state index contributed by atoms with van der Waals surface area (Å²) in [5, 5.41) is 3.60. The van der Waals surface area contributed by atoms with Gasteiger partial charge in [-0.25, -0.2) is 0 Å². The van der Waals surface area contributed by atoms with E-state index < -0.39 is 0 Å². The molecule has 1 rings (SSSR count). The van der Waals surface area contributed by atoms with E-state index in [-0.39, 0.29) is 0 Å². The Morgan fingerprint density at radius 2 is 2.17 bits per heavy atom. The number of hydrogen-bond acceptors (Lipinski definition) is 2. The van der Waals surface area contributed by atoms with Gasteiger partial charge in [0, 0.05) is 11.8 Å². The molecular weight excluding hydrogens is 166 g/mol. The summed E-state index contributed by atoms with van der Waals surface area (Å²) in [6.07, 6.45) is 4.38. The maximum absolute atomic E-state index is 3.60. The van der Waals surface area contributed by atoms with E-state index in [0.29, 0.717) is 0 Å². The van der Waals surface area contributed by atoms with Gasteiger partial charge in [0.25, 0.3) is 0 Å². The van der Waals surface area contributed by atoms with Crippen molar-refractivity contribution in [2.75, 3.05) is 18.1 Å². The Morgan fingerprint density at radius 3 is 2.58 bits per heavy atom. The molecule has 0 aromatic heterocycles. The zero-order chi connectivity index (χ0) is 8.81. The Bertz CT molecular complexity index is 112. The van der Waals surface area contributed by atoms with Crippen molar-refractivity contribution >= 4 is 11.8 Å². The van der Waals surface area contributed by atoms with Gasteiger partial charge >= 0.3 is 0 Å². The van der Waals surface area contributed by atoms with Crippen LogP contribution in [0.15, 0.2) is 0 Å². The van der Waals surface area contributed by atoms with Gasteiger partial charge in [0.1, 0.15) is 0 Å². The molecular formula is C10H21NS. The Balaban J connectivity index is 2.17. The van der Waals surface area contributed by atoms with Crippen LogP contribution < -0.4 is 5.32 Å². The molecule has 0 aromatic carbocycles. The summed E-state index contributed by atoms with van der Waals surface area (Å²) in [4.78, 5) is 0. The summed E-state index contributed by atoms with van der Waals surface area (Å²) in [5.74, 6) is 3.56. The lowest BCUT2D eigenvalue weighted by molar-refractivity contribution is 0.246. The first kappa shape index (κ1) is 10.4. The van der Waals surface area contributed by atoms with Crippen LogP contribution in [0.1, 0.15) is 33.1 Å². The fraction of sp³-hybridized carbons (Fsp3) is 1.00. The minimum absolute atomic E-state index is 0.800. The van der Waals surface area contributed by atoms with Crippen molar-refractivity contribution in [2.24, 2.45) is 5.92 Å². The summed E-state index contributed by atoms with van der Waals surface area (Å²) in [6, 6.07) is 0.800. The molecule has 12 heavy (non-hydrogen) atoms. The summed E-state index contributed by atoms with van der Waals surface area (Å²) in [7, 11) is 0. The quantitative estimate of drug-likeness (QED) is 0.686. The number of hydrogen-bond donors (Lipinski definition) is 1. The van der Waals surface area contributed by atoms with Crippen LogP contribution >= 0.6 is 11.8 Å². The van der Waals surface area contributed by atoms with Gasteiger partial charge in [0.05, 0.1) is 0 Å². The molecule has 72 valence electrons. The summed E-state index contributed by atoms with van der Waals surface area (Å²) in [5.41, 5.74) is 0. The molecule has 1 aliphatic rings. The highest BCUT2D eigenvalue weighted by atomic mass is 32.2. The van der Waals surface area contributed by atoms with E-state index >= 15 is 0 Å².